The molecule has 0 aromatic carbocycles. The fourth-order valence-electron chi connectivity index (χ4n) is 2.06. The molecule has 0 saturated carbocycles. The summed E-state index contributed by atoms with van der Waals surface area (Å²) in [5.41, 5.74) is -0.0219. The van der Waals surface area contributed by atoms with E-state index in [-0.39, 0.29) is 17.3 Å². The van der Waals surface area contributed by atoms with Gasteiger partial charge in [0.15, 0.2) is 6.29 Å². The van der Waals surface area contributed by atoms with Crippen LogP contribution in [0.1, 0.15) is 93.4 Å². The molecule has 0 aliphatic heterocycles. The molecule has 4 nitrogen and oxygen atoms in total. The number of hydrogen-bond acceptors (Lipinski definition) is 4. The lowest BCUT2D eigenvalue weighted by Gasteiger charge is -2.27. The molecule has 1 unspecified atom stereocenters. The standard InChI is InChI=1S/C20H42O4/c1-8-9-12-15-21-18(24-20(5,6)7)14-11-10-13-16-22-23-17-19(2,3)4/h18H,8-17H2,1-7H3. The lowest BCUT2D eigenvalue weighted by atomic mass is 9.99. The van der Waals surface area contributed by atoms with Gasteiger partial charge >= 0.3 is 0 Å². The Morgan fingerprint density at radius 1 is 0.750 bits per heavy atom. The second-order valence-electron chi connectivity index (χ2n) is 8.73. The molecule has 0 spiro atoms. The van der Waals surface area contributed by atoms with E-state index in [1.807, 2.05) is 0 Å². The summed E-state index contributed by atoms with van der Waals surface area (Å²) in [5.74, 6) is 0. The van der Waals surface area contributed by atoms with Crippen molar-refractivity contribution in [3.8, 4) is 0 Å². The highest BCUT2D eigenvalue weighted by atomic mass is 17.2. The Bertz CT molecular complexity index is 278. The molecule has 146 valence electrons. The van der Waals surface area contributed by atoms with Crippen LogP contribution in [0.5, 0.6) is 0 Å². The Balaban J connectivity index is 3.76. The summed E-state index contributed by atoms with van der Waals surface area (Å²) in [6, 6.07) is 0. The third-order valence-electron chi connectivity index (χ3n) is 3.28. The first kappa shape index (κ1) is 23.8. The molecule has 0 N–H and O–H groups in total. The highest BCUT2D eigenvalue weighted by Crippen LogP contribution is 2.18. The molecule has 0 radical (unpaired) electrons. The average Bonchev–Trinajstić information content (AvgIpc) is 2.43. The summed E-state index contributed by atoms with van der Waals surface area (Å²) in [5, 5.41) is 0. The molecule has 0 aliphatic carbocycles. The zero-order valence-corrected chi connectivity index (χ0v) is 17.3. The van der Waals surface area contributed by atoms with Crippen LogP contribution < -0.4 is 0 Å². The van der Waals surface area contributed by atoms with E-state index in [2.05, 4.69) is 48.5 Å². The van der Waals surface area contributed by atoms with Crippen molar-refractivity contribution in [2.75, 3.05) is 19.8 Å². The smallest absolute Gasteiger partial charge is 0.158 e. The quantitative estimate of drug-likeness (QED) is 0.170. The summed E-state index contributed by atoms with van der Waals surface area (Å²) in [6.07, 6.45) is 7.56. The van der Waals surface area contributed by atoms with E-state index in [1.165, 1.54) is 12.8 Å². The Kier molecular flexibility index (Phi) is 13.0. The maximum atomic E-state index is 6.02. The molecule has 0 saturated heterocycles. The van der Waals surface area contributed by atoms with Crippen molar-refractivity contribution in [2.45, 2.75) is 105 Å². The minimum atomic E-state index is -0.167. The van der Waals surface area contributed by atoms with Gasteiger partial charge in [-0.1, -0.05) is 47.0 Å². The van der Waals surface area contributed by atoms with Crippen molar-refractivity contribution in [2.24, 2.45) is 5.41 Å². The van der Waals surface area contributed by atoms with Crippen molar-refractivity contribution in [3.63, 3.8) is 0 Å². The van der Waals surface area contributed by atoms with Crippen molar-refractivity contribution in [1.82, 2.24) is 0 Å². The van der Waals surface area contributed by atoms with Gasteiger partial charge in [0, 0.05) is 6.61 Å². The maximum Gasteiger partial charge on any atom is 0.158 e. The molecular formula is C20H42O4. The Morgan fingerprint density at radius 2 is 1.42 bits per heavy atom. The molecule has 0 aromatic rings. The van der Waals surface area contributed by atoms with Gasteiger partial charge in [-0.15, -0.1) is 0 Å². The van der Waals surface area contributed by atoms with Crippen LogP contribution in [0, 0.1) is 5.41 Å². The monoisotopic (exact) mass is 346 g/mol. The lowest BCUT2D eigenvalue weighted by molar-refractivity contribution is -0.307. The molecule has 0 aliphatic rings. The van der Waals surface area contributed by atoms with Crippen LogP contribution in [0.2, 0.25) is 0 Å². The number of hydrogen-bond donors (Lipinski definition) is 0. The van der Waals surface area contributed by atoms with Gasteiger partial charge in [0.25, 0.3) is 0 Å². The topological polar surface area (TPSA) is 36.9 Å². The number of rotatable bonds is 14. The molecule has 0 amide bonds. The second kappa shape index (κ2) is 13.1. The first-order valence-electron chi connectivity index (χ1n) is 9.68. The maximum absolute atomic E-state index is 6.02. The van der Waals surface area contributed by atoms with E-state index in [0.29, 0.717) is 13.2 Å². The molecule has 24 heavy (non-hydrogen) atoms. The SMILES string of the molecule is CCCCCOC(CCCCCOOCC(C)(C)C)OC(C)(C)C. The molecule has 0 fully saturated rings. The van der Waals surface area contributed by atoms with Crippen molar-refractivity contribution < 1.29 is 19.2 Å². The minimum absolute atomic E-state index is 0.0973. The van der Waals surface area contributed by atoms with Crippen molar-refractivity contribution >= 4 is 0 Å². The van der Waals surface area contributed by atoms with Crippen molar-refractivity contribution in [1.29, 1.82) is 0 Å². The van der Waals surface area contributed by atoms with E-state index in [9.17, 15) is 0 Å². The third kappa shape index (κ3) is 18.2. The largest absolute Gasteiger partial charge is 0.353 e. The van der Waals surface area contributed by atoms with Gasteiger partial charge < -0.3 is 9.47 Å². The fourth-order valence-corrected chi connectivity index (χ4v) is 2.06. The van der Waals surface area contributed by atoms with E-state index in [4.69, 9.17) is 19.2 Å². The first-order valence-corrected chi connectivity index (χ1v) is 9.68. The highest BCUT2D eigenvalue weighted by molar-refractivity contribution is 4.62. The van der Waals surface area contributed by atoms with Crippen LogP contribution in [0.25, 0.3) is 0 Å². The van der Waals surface area contributed by atoms with Gasteiger partial charge in [-0.05, 0) is 51.9 Å². The molecule has 0 aromatic heterocycles. The zero-order chi connectivity index (χ0) is 18.5. The average molecular weight is 347 g/mol. The molecule has 0 rings (SSSR count). The van der Waals surface area contributed by atoms with E-state index in [1.54, 1.807) is 0 Å². The predicted octanol–water partition coefficient (Wildman–Crippen LogP) is 5.89. The van der Waals surface area contributed by atoms with E-state index < -0.39 is 0 Å². The van der Waals surface area contributed by atoms with Crippen LogP contribution in [-0.2, 0) is 19.2 Å². The summed E-state index contributed by atoms with van der Waals surface area (Å²) in [4.78, 5) is 10.4. The highest BCUT2D eigenvalue weighted by Gasteiger charge is 2.19. The van der Waals surface area contributed by atoms with E-state index in [0.717, 1.165) is 38.7 Å². The van der Waals surface area contributed by atoms with Crippen molar-refractivity contribution in [3.05, 3.63) is 0 Å². The molecule has 0 bridgehead atoms. The Morgan fingerprint density at radius 3 is 2.00 bits per heavy atom. The van der Waals surface area contributed by atoms with Gasteiger partial charge in [0.2, 0.25) is 0 Å². The van der Waals surface area contributed by atoms with Gasteiger partial charge in [-0.2, -0.15) is 0 Å². The van der Waals surface area contributed by atoms with Crippen LogP contribution >= 0.6 is 0 Å². The lowest BCUT2D eigenvalue weighted by Crippen LogP contribution is -2.29. The van der Waals surface area contributed by atoms with Crippen LogP contribution in [0.15, 0.2) is 0 Å². The summed E-state index contributed by atoms with van der Waals surface area (Å²) >= 11 is 0. The van der Waals surface area contributed by atoms with E-state index >= 15 is 0 Å². The number of ether oxygens (including phenoxy) is 2. The van der Waals surface area contributed by atoms with Gasteiger partial charge in [-0.25, -0.2) is 9.78 Å². The van der Waals surface area contributed by atoms with Crippen LogP contribution in [0.3, 0.4) is 0 Å². The van der Waals surface area contributed by atoms with Crippen LogP contribution in [0.4, 0.5) is 0 Å². The molecule has 0 heterocycles. The number of unbranched alkanes of at least 4 members (excludes halogenated alkanes) is 4. The summed E-state index contributed by atoms with van der Waals surface area (Å²) in [6.45, 7) is 16.9. The Hall–Kier alpha value is -0.160. The molecule has 4 heteroatoms. The summed E-state index contributed by atoms with van der Waals surface area (Å²) in [7, 11) is 0. The Labute approximate surface area is 150 Å². The first-order chi connectivity index (χ1) is 11.1. The fraction of sp³-hybridized carbons (Fsp3) is 1.00. The molecular weight excluding hydrogens is 304 g/mol. The van der Waals surface area contributed by atoms with Gasteiger partial charge in [0.05, 0.1) is 18.8 Å². The second-order valence-corrected chi connectivity index (χ2v) is 8.73. The van der Waals surface area contributed by atoms with Gasteiger partial charge in [0.1, 0.15) is 0 Å². The van der Waals surface area contributed by atoms with Gasteiger partial charge in [-0.3, -0.25) is 0 Å². The zero-order valence-electron chi connectivity index (χ0n) is 17.3. The summed E-state index contributed by atoms with van der Waals surface area (Å²) < 4.78 is 11.9. The minimum Gasteiger partial charge on any atom is -0.353 e. The normalized spacial score (nSPS) is 14.1. The van der Waals surface area contributed by atoms with Crippen LogP contribution in [-0.4, -0.2) is 31.7 Å². The predicted molar refractivity (Wildman–Crippen MR) is 99.9 cm³/mol. The molecule has 1 atom stereocenters. The third-order valence-corrected chi connectivity index (χ3v) is 3.28.